The molecule has 0 radical (unpaired) electrons. The summed E-state index contributed by atoms with van der Waals surface area (Å²) >= 11 is 0. The first-order valence-electron chi connectivity index (χ1n) is 5.79. The number of hydrogen-bond acceptors (Lipinski definition) is 1. The summed E-state index contributed by atoms with van der Waals surface area (Å²) in [7, 11) is 0. The molecule has 0 amide bonds. The van der Waals surface area contributed by atoms with E-state index in [9.17, 15) is 0 Å². The molecular formula is C13H18O. The van der Waals surface area contributed by atoms with E-state index in [1.807, 2.05) is 6.08 Å². The highest BCUT2D eigenvalue weighted by molar-refractivity contribution is 5.14. The quantitative estimate of drug-likeness (QED) is 0.622. The Bertz CT molecular complexity index is 268. The molecule has 5 atom stereocenters. The first-order chi connectivity index (χ1) is 6.90. The summed E-state index contributed by atoms with van der Waals surface area (Å²) < 4.78 is 5.84. The van der Waals surface area contributed by atoms with E-state index in [2.05, 4.69) is 18.7 Å². The van der Waals surface area contributed by atoms with Gasteiger partial charge in [0.05, 0.1) is 12.7 Å². The Labute approximate surface area is 85.8 Å². The third kappa shape index (κ3) is 1.12. The summed E-state index contributed by atoms with van der Waals surface area (Å²) in [6, 6.07) is 0. The van der Waals surface area contributed by atoms with Crippen molar-refractivity contribution in [2.75, 3.05) is 6.61 Å². The van der Waals surface area contributed by atoms with E-state index < -0.39 is 0 Å². The fraction of sp³-hybridized carbons (Fsp3) is 0.692. The number of allylic oxidation sites excluding steroid dienone is 2. The van der Waals surface area contributed by atoms with Crippen LogP contribution in [-0.4, -0.2) is 12.7 Å². The minimum atomic E-state index is 0.530. The zero-order chi connectivity index (χ0) is 9.54. The van der Waals surface area contributed by atoms with E-state index in [4.69, 9.17) is 4.74 Å². The van der Waals surface area contributed by atoms with Crippen LogP contribution in [0.4, 0.5) is 0 Å². The lowest BCUT2D eigenvalue weighted by Crippen LogP contribution is -2.30. The van der Waals surface area contributed by atoms with Crippen molar-refractivity contribution in [3.05, 3.63) is 24.8 Å². The number of ether oxygens (including phenoxy) is 1. The normalized spacial score (nSPS) is 48.4. The second-order valence-electron chi connectivity index (χ2n) is 4.96. The van der Waals surface area contributed by atoms with Gasteiger partial charge in [0.15, 0.2) is 0 Å². The first kappa shape index (κ1) is 8.72. The minimum absolute atomic E-state index is 0.530. The Morgan fingerprint density at radius 2 is 2.29 bits per heavy atom. The van der Waals surface area contributed by atoms with E-state index in [1.54, 1.807) is 0 Å². The maximum absolute atomic E-state index is 5.84. The molecule has 0 aromatic heterocycles. The molecule has 3 aliphatic rings. The smallest absolute Gasteiger partial charge is 0.0648 e. The van der Waals surface area contributed by atoms with E-state index in [0.717, 1.165) is 30.3 Å². The zero-order valence-corrected chi connectivity index (χ0v) is 8.56. The second-order valence-corrected chi connectivity index (χ2v) is 4.96. The topological polar surface area (TPSA) is 9.23 Å². The minimum Gasteiger partial charge on any atom is -0.374 e. The molecule has 3 aliphatic carbocycles. The van der Waals surface area contributed by atoms with Crippen LogP contribution in [0.2, 0.25) is 0 Å². The van der Waals surface area contributed by atoms with Gasteiger partial charge in [-0.1, -0.05) is 18.2 Å². The fourth-order valence-electron chi connectivity index (χ4n) is 3.87. The van der Waals surface area contributed by atoms with E-state index in [0.29, 0.717) is 6.10 Å². The summed E-state index contributed by atoms with van der Waals surface area (Å²) in [6.45, 7) is 4.44. The third-order valence-corrected chi connectivity index (χ3v) is 4.38. The SMILES string of the molecule is C=CCOC1CC2CC1C1C=CCC21. The van der Waals surface area contributed by atoms with Crippen LogP contribution in [0.25, 0.3) is 0 Å². The highest BCUT2D eigenvalue weighted by Crippen LogP contribution is 2.57. The van der Waals surface area contributed by atoms with Crippen LogP contribution in [0.3, 0.4) is 0 Å². The van der Waals surface area contributed by atoms with Gasteiger partial charge < -0.3 is 4.74 Å². The molecule has 1 nitrogen and oxygen atoms in total. The monoisotopic (exact) mass is 190 g/mol. The molecule has 5 unspecified atom stereocenters. The summed E-state index contributed by atoms with van der Waals surface area (Å²) in [4.78, 5) is 0. The molecule has 2 bridgehead atoms. The average molecular weight is 190 g/mol. The predicted molar refractivity (Wildman–Crippen MR) is 56.9 cm³/mol. The van der Waals surface area contributed by atoms with Gasteiger partial charge in [0, 0.05) is 0 Å². The summed E-state index contributed by atoms with van der Waals surface area (Å²) in [6.07, 6.45) is 11.3. The van der Waals surface area contributed by atoms with E-state index in [-0.39, 0.29) is 0 Å². The largest absolute Gasteiger partial charge is 0.374 e. The Morgan fingerprint density at radius 3 is 3.14 bits per heavy atom. The van der Waals surface area contributed by atoms with E-state index in [1.165, 1.54) is 19.3 Å². The number of rotatable bonds is 3. The van der Waals surface area contributed by atoms with Gasteiger partial charge in [-0.05, 0) is 42.9 Å². The highest BCUT2D eigenvalue weighted by atomic mass is 16.5. The molecule has 0 saturated heterocycles. The molecule has 0 aromatic rings. The molecule has 2 fully saturated rings. The predicted octanol–water partition coefficient (Wildman–Crippen LogP) is 2.79. The van der Waals surface area contributed by atoms with Crippen LogP contribution < -0.4 is 0 Å². The fourth-order valence-corrected chi connectivity index (χ4v) is 3.87. The Kier molecular flexibility index (Phi) is 2.01. The van der Waals surface area contributed by atoms with Gasteiger partial charge in [-0.15, -0.1) is 6.58 Å². The van der Waals surface area contributed by atoms with Crippen molar-refractivity contribution in [1.82, 2.24) is 0 Å². The molecule has 76 valence electrons. The summed E-state index contributed by atoms with van der Waals surface area (Å²) in [5.74, 6) is 3.60. The standard InChI is InChI=1S/C13H18O/c1-2-6-14-13-8-9-7-12(13)11-5-3-4-10(9)11/h2-3,5,9-13H,1,4,6-8H2. The van der Waals surface area contributed by atoms with Crippen LogP contribution in [0.1, 0.15) is 19.3 Å². The van der Waals surface area contributed by atoms with E-state index >= 15 is 0 Å². The van der Waals surface area contributed by atoms with Crippen molar-refractivity contribution in [2.24, 2.45) is 23.7 Å². The molecule has 0 aliphatic heterocycles. The third-order valence-electron chi connectivity index (χ3n) is 4.38. The molecule has 3 rings (SSSR count). The zero-order valence-electron chi connectivity index (χ0n) is 8.56. The van der Waals surface area contributed by atoms with Crippen molar-refractivity contribution in [2.45, 2.75) is 25.4 Å². The van der Waals surface area contributed by atoms with Crippen molar-refractivity contribution in [3.63, 3.8) is 0 Å². The van der Waals surface area contributed by atoms with Crippen molar-refractivity contribution in [1.29, 1.82) is 0 Å². The molecular weight excluding hydrogens is 172 g/mol. The second kappa shape index (κ2) is 3.23. The molecule has 1 heteroatoms. The molecule has 2 saturated carbocycles. The van der Waals surface area contributed by atoms with Gasteiger partial charge in [0.2, 0.25) is 0 Å². The maximum atomic E-state index is 5.84. The van der Waals surface area contributed by atoms with Crippen LogP contribution in [0.15, 0.2) is 24.8 Å². The van der Waals surface area contributed by atoms with Crippen molar-refractivity contribution < 1.29 is 4.74 Å². The molecule has 0 aromatic carbocycles. The average Bonchev–Trinajstić information content (AvgIpc) is 2.85. The van der Waals surface area contributed by atoms with Gasteiger partial charge in [-0.3, -0.25) is 0 Å². The maximum Gasteiger partial charge on any atom is 0.0648 e. The lowest BCUT2D eigenvalue weighted by Gasteiger charge is -2.30. The van der Waals surface area contributed by atoms with Crippen LogP contribution in [0.5, 0.6) is 0 Å². The van der Waals surface area contributed by atoms with Gasteiger partial charge in [-0.25, -0.2) is 0 Å². The Hall–Kier alpha value is -0.560. The van der Waals surface area contributed by atoms with Crippen LogP contribution >= 0.6 is 0 Å². The Balaban J connectivity index is 1.70. The summed E-state index contributed by atoms with van der Waals surface area (Å²) in [5.41, 5.74) is 0. The first-order valence-corrected chi connectivity index (χ1v) is 5.79. The van der Waals surface area contributed by atoms with Gasteiger partial charge in [0.1, 0.15) is 0 Å². The van der Waals surface area contributed by atoms with Gasteiger partial charge in [0.25, 0.3) is 0 Å². The molecule has 0 spiro atoms. The van der Waals surface area contributed by atoms with Gasteiger partial charge in [-0.2, -0.15) is 0 Å². The van der Waals surface area contributed by atoms with Crippen molar-refractivity contribution in [3.8, 4) is 0 Å². The summed E-state index contributed by atoms with van der Waals surface area (Å²) in [5, 5.41) is 0. The van der Waals surface area contributed by atoms with Crippen molar-refractivity contribution >= 4 is 0 Å². The van der Waals surface area contributed by atoms with Gasteiger partial charge >= 0.3 is 0 Å². The van der Waals surface area contributed by atoms with Crippen LogP contribution in [-0.2, 0) is 4.74 Å². The highest BCUT2D eigenvalue weighted by Gasteiger charge is 2.52. The Morgan fingerprint density at radius 1 is 1.36 bits per heavy atom. The van der Waals surface area contributed by atoms with Crippen LogP contribution in [0, 0.1) is 23.7 Å². The molecule has 0 N–H and O–H groups in total. The molecule has 14 heavy (non-hydrogen) atoms. The number of fused-ring (bicyclic) bond motifs is 5. The lowest BCUT2D eigenvalue weighted by molar-refractivity contribution is 0.0104. The molecule has 0 heterocycles. The number of hydrogen-bond donors (Lipinski definition) is 0. The lowest BCUT2D eigenvalue weighted by atomic mass is 9.80.